The van der Waals surface area contributed by atoms with Gasteiger partial charge < -0.3 is 38.3 Å². The molecule has 2 aliphatic rings. The summed E-state index contributed by atoms with van der Waals surface area (Å²) in [6.45, 7) is 4.54. The fraction of sp³-hybridized carbons (Fsp3) is 0.370. The monoisotopic (exact) mass is 832 g/mol. The molecular formula is C46H49FN6O8. The number of rotatable bonds is 18. The number of carboxylic acid groups (broad SMARTS) is 1. The van der Waals surface area contributed by atoms with E-state index in [-0.39, 0.29) is 68.3 Å². The Morgan fingerprint density at radius 1 is 0.934 bits per heavy atom. The van der Waals surface area contributed by atoms with Crippen molar-refractivity contribution in [3.63, 3.8) is 0 Å². The number of hydrogen-bond donors (Lipinski definition) is 1. The number of anilines is 1. The van der Waals surface area contributed by atoms with Gasteiger partial charge in [-0.2, -0.15) is 9.97 Å². The summed E-state index contributed by atoms with van der Waals surface area (Å²) in [5.41, 5.74) is 3.52. The molecule has 14 nitrogen and oxygen atoms in total. The molecule has 318 valence electrons. The first-order valence-electron chi connectivity index (χ1n) is 20.7. The van der Waals surface area contributed by atoms with Crippen molar-refractivity contribution >= 4 is 39.6 Å². The summed E-state index contributed by atoms with van der Waals surface area (Å²) in [6, 6.07) is 22.6. The van der Waals surface area contributed by atoms with E-state index in [0.717, 1.165) is 40.4 Å². The molecule has 2 bridgehead atoms. The summed E-state index contributed by atoms with van der Waals surface area (Å²) in [4.78, 5) is 42.1. The minimum atomic E-state index is -0.940. The van der Waals surface area contributed by atoms with Crippen molar-refractivity contribution in [3.8, 4) is 23.0 Å². The quantitative estimate of drug-likeness (QED) is 0.0512. The molecule has 1 N–H and O–H groups in total. The maximum absolute atomic E-state index is 17.3. The number of pyridine rings is 1. The Hall–Kier alpha value is -6.32. The fourth-order valence-electron chi connectivity index (χ4n) is 8.42. The number of aromatic nitrogens is 4. The number of methoxy groups -OCH3 is 1. The third kappa shape index (κ3) is 9.22. The third-order valence-corrected chi connectivity index (χ3v) is 11.3. The van der Waals surface area contributed by atoms with Crippen molar-refractivity contribution < 1.29 is 42.8 Å². The molecule has 2 fully saturated rings. The highest BCUT2D eigenvalue weighted by atomic mass is 19.1. The Morgan fingerprint density at radius 2 is 1.75 bits per heavy atom. The number of ether oxygens (including phenoxy) is 5. The van der Waals surface area contributed by atoms with Crippen LogP contribution in [-0.2, 0) is 45.2 Å². The van der Waals surface area contributed by atoms with Gasteiger partial charge in [-0.15, -0.1) is 0 Å². The van der Waals surface area contributed by atoms with E-state index in [1.165, 1.54) is 12.0 Å². The molecule has 2 unspecified atom stereocenters. The highest BCUT2D eigenvalue weighted by molar-refractivity contribution is 6.01. The second-order valence-corrected chi connectivity index (χ2v) is 15.2. The van der Waals surface area contributed by atoms with Crippen LogP contribution in [0.4, 0.5) is 15.0 Å². The number of carbonyl (C=O) groups is 2. The molecule has 0 saturated carbocycles. The van der Waals surface area contributed by atoms with Gasteiger partial charge in [0.2, 0.25) is 0 Å². The van der Waals surface area contributed by atoms with Gasteiger partial charge in [0.15, 0.2) is 12.6 Å². The predicted molar refractivity (Wildman–Crippen MR) is 226 cm³/mol. The predicted octanol–water partition coefficient (Wildman–Crippen LogP) is 7.78. The second kappa shape index (κ2) is 18.9. The average molecular weight is 833 g/mol. The van der Waals surface area contributed by atoms with Crippen molar-refractivity contribution in [2.45, 2.75) is 70.9 Å². The minimum Gasteiger partial charge on any atom is -0.468 e. The lowest BCUT2D eigenvalue weighted by molar-refractivity contribution is -0.146. The molecule has 15 heteroatoms. The normalized spacial score (nSPS) is 16.0. The van der Waals surface area contributed by atoms with Gasteiger partial charge in [-0.3, -0.25) is 14.7 Å². The van der Waals surface area contributed by atoms with Gasteiger partial charge in [-0.1, -0.05) is 55.5 Å². The summed E-state index contributed by atoms with van der Waals surface area (Å²) in [7, 11) is 1.54. The SMILES string of the molecule is CCc1cccc2cc(OCOC)cc(-c3ncc4c(N5CC6CCC(C5)N6C(=O)O)nc(OCc5cccn5CCCOCCC(=O)OCc5ccccc5)nc4c3F)c12. The first-order valence-corrected chi connectivity index (χ1v) is 20.7. The van der Waals surface area contributed by atoms with Gasteiger partial charge in [0.1, 0.15) is 36.0 Å². The molecule has 2 saturated heterocycles. The summed E-state index contributed by atoms with van der Waals surface area (Å²) in [6.07, 6.45) is 5.64. The summed E-state index contributed by atoms with van der Waals surface area (Å²) < 4.78 is 47.7. The molecule has 3 aromatic heterocycles. The molecule has 5 heterocycles. The molecule has 61 heavy (non-hydrogen) atoms. The lowest BCUT2D eigenvalue weighted by atomic mass is 9.95. The van der Waals surface area contributed by atoms with Crippen molar-refractivity contribution in [3.05, 3.63) is 108 Å². The van der Waals surface area contributed by atoms with Gasteiger partial charge in [-0.25, -0.2) is 9.18 Å². The fourth-order valence-corrected chi connectivity index (χ4v) is 8.42. The number of aryl methyl sites for hydroxylation is 2. The van der Waals surface area contributed by atoms with Crippen LogP contribution in [-0.4, -0.2) is 93.9 Å². The molecule has 0 spiro atoms. The Balaban J connectivity index is 1.03. The highest BCUT2D eigenvalue weighted by Crippen LogP contribution is 2.40. The zero-order valence-electron chi connectivity index (χ0n) is 34.3. The minimum absolute atomic E-state index is 0.0157. The number of amides is 1. The van der Waals surface area contributed by atoms with E-state index in [2.05, 4.69) is 11.9 Å². The maximum atomic E-state index is 17.3. The zero-order chi connectivity index (χ0) is 42.3. The molecule has 2 atom stereocenters. The number of benzene rings is 3. The number of esters is 1. The van der Waals surface area contributed by atoms with Crippen LogP contribution in [0.2, 0.25) is 0 Å². The molecule has 0 aliphatic carbocycles. The standard InChI is InChI=1S/C46H49FN6O8/c1-3-31-12-7-13-32-22-36(61-29-57-2)23-37(40(31)32)42-41(47)43-38(24-48-42)44(52-25-33-15-16-34(26-52)53(33)46(55)56)50-45(49-43)60-28-35-14-8-18-51(35)19-9-20-58-21-17-39(54)59-27-30-10-5-4-6-11-30/h4-8,10-14,18,22-24,33-34H,3,9,15-17,19-21,25-29H2,1-2H3,(H,55,56). The van der Waals surface area contributed by atoms with Gasteiger partial charge in [-0.05, 0) is 71.8 Å². The molecule has 8 rings (SSSR count). The number of halogens is 1. The molecular weight excluding hydrogens is 784 g/mol. The van der Waals surface area contributed by atoms with E-state index < -0.39 is 11.9 Å². The Bertz CT molecular complexity index is 2490. The first-order chi connectivity index (χ1) is 29.8. The molecule has 0 radical (unpaired) electrons. The van der Waals surface area contributed by atoms with E-state index in [0.29, 0.717) is 61.6 Å². The Labute approximate surface area is 352 Å². The summed E-state index contributed by atoms with van der Waals surface area (Å²) in [5.74, 6) is -0.00233. The summed E-state index contributed by atoms with van der Waals surface area (Å²) in [5, 5.41) is 12.1. The van der Waals surface area contributed by atoms with Crippen molar-refractivity contribution in [2.24, 2.45) is 0 Å². The Morgan fingerprint density at radius 3 is 2.52 bits per heavy atom. The van der Waals surface area contributed by atoms with E-state index in [9.17, 15) is 14.7 Å². The number of nitrogens with zero attached hydrogens (tertiary/aromatic N) is 6. The largest absolute Gasteiger partial charge is 0.468 e. The van der Waals surface area contributed by atoms with Gasteiger partial charge >= 0.3 is 18.1 Å². The van der Waals surface area contributed by atoms with Crippen molar-refractivity contribution in [2.75, 3.05) is 45.1 Å². The van der Waals surface area contributed by atoms with Crippen LogP contribution in [0.15, 0.2) is 85.2 Å². The Kier molecular flexibility index (Phi) is 12.9. The van der Waals surface area contributed by atoms with Gasteiger partial charge in [0, 0.05) is 51.3 Å². The first kappa shape index (κ1) is 41.4. The van der Waals surface area contributed by atoms with Gasteiger partial charge in [0.05, 0.1) is 36.2 Å². The third-order valence-electron chi connectivity index (χ3n) is 11.3. The van der Waals surface area contributed by atoms with Gasteiger partial charge in [0.25, 0.3) is 0 Å². The van der Waals surface area contributed by atoms with Crippen LogP contribution in [0.1, 0.15) is 49.4 Å². The lowest BCUT2D eigenvalue weighted by Gasteiger charge is -2.40. The molecule has 3 aromatic carbocycles. The van der Waals surface area contributed by atoms with Crippen LogP contribution in [0, 0.1) is 5.82 Å². The second-order valence-electron chi connectivity index (χ2n) is 15.2. The average Bonchev–Trinajstić information content (AvgIpc) is 3.85. The van der Waals surface area contributed by atoms with E-state index in [4.69, 9.17) is 33.7 Å². The zero-order valence-corrected chi connectivity index (χ0v) is 34.3. The number of fused-ring (bicyclic) bond motifs is 4. The topological polar surface area (TPSA) is 151 Å². The highest BCUT2D eigenvalue weighted by Gasteiger charge is 2.43. The van der Waals surface area contributed by atoms with E-state index in [1.807, 2.05) is 82.4 Å². The number of carbonyl (C=O) groups excluding carboxylic acids is 1. The number of piperazine rings is 1. The van der Waals surface area contributed by atoms with Crippen LogP contribution in [0.5, 0.6) is 11.8 Å². The smallest absolute Gasteiger partial charge is 0.407 e. The van der Waals surface area contributed by atoms with Crippen molar-refractivity contribution in [1.82, 2.24) is 24.4 Å². The molecule has 1 amide bonds. The van der Waals surface area contributed by atoms with Crippen LogP contribution in [0.3, 0.4) is 0 Å². The number of hydrogen-bond acceptors (Lipinski definition) is 11. The maximum Gasteiger partial charge on any atom is 0.407 e. The van der Waals surface area contributed by atoms with Crippen LogP contribution in [0.25, 0.3) is 32.9 Å². The lowest BCUT2D eigenvalue weighted by Crippen LogP contribution is -2.55. The van der Waals surface area contributed by atoms with Crippen molar-refractivity contribution in [1.29, 1.82) is 0 Å². The van der Waals surface area contributed by atoms with Crippen LogP contribution >= 0.6 is 0 Å². The van der Waals surface area contributed by atoms with Crippen LogP contribution < -0.4 is 14.4 Å². The van der Waals surface area contributed by atoms with E-state index in [1.54, 1.807) is 12.3 Å². The van der Waals surface area contributed by atoms with E-state index >= 15 is 4.39 Å². The molecule has 6 aromatic rings. The summed E-state index contributed by atoms with van der Waals surface area (Å²) >= 11 is 0. The molecule has 2 aliphatic heterocycles.